The van der Waals surface area contributed by atoms with Crippen LogP contribution in [0.5, 0.6) is 5.75 Å². The van der Waals surface area contributed by atoms with Gasteiger partial charge >= 0.3 is 0 Å². The summed E-state index contributed by atoms with van der Waals surface area (Å²) in [5, 5.41) is 3.48. The first-order chi connectivity index (χ1) is 7.49. The quantitative estimate of drug-likeness (QED) is 0.821. The van der Waals surface area contributed by atoms with Crippen molar-refractivity contribution in [2.75, 3.05) is 0 Å². The first-order valence-electron chi connectivity index (χ1n) is 6.01. The minimum Gasteiger partial charge on any atom is -0.491 e. The van der Waals surface area contributed by atoms with E-state index in [2.05, 4.69) is 38.2 Å². The molecule has 0 heterocycles. The molecule has 0 fully saturated rings. The lowest BCUT2D eigenvalue weighted by atomic mass is 10.1. The third-order valence-electron chi connectivity index (χ3n) is 2.31. The van der Waals surface area contributed by atoms with Crippen LogP contribution in [0.4, 0.5) is 0 Å². The monoisotopic (exact) mass is 221 g/mol. The van der Waals surface area contributed by atoms with Gasteiger partial charge in [-0.15, -0.1) is 0 Å². The highest BCUT2D eigenvalue weighted by atomic mass is 16.5. The maximum atomic E-state index is 5.68. The normalized spacial score (nSPS) is 13.2. The molecule has 90 valence electrons. The van der Waals surface area contributed by atoms with Crippen LogP contribution in [0.25, 0.3) is 0 Å². The van der Waals surface area contributed by atoms with Crippen LogP contribution in [-0.4, -0.2) is 12.1 Å². The molecule has 0 aliphatic heterocycles. The molecule has 2 nitrogen and oxygen atoms in total. The highest BCUT2D eigenvalue weighted by molar-refractivity contribution is 5.30. The summed E-state index contributed by atoms with van der Waals surface area (Å²) in [6.07, 6.45) is 0.226. The zero-order valence-corrected chi connectivity index (χ0v) is 10.9. The lowest BCUT2D eigenvalue weighted by Gasteiger charge is -2.18. The summed E-state index contributed by atoms with van der Waals surface area (Å²) < 4.78 is 5.68. The average molecular weight is 221 g/mol. The first-order valence-corrected chi connectivity index (χ1v) is 6.01. The molecule has 2 heteroatoms. The van der Waals surface area contributed by atoms with Gasteiger partial charge in [0.05, 0.1) is 6.10 Å². The molecule has 0 saturated heterocycles. The lowest BCUT2D eigenvalue weighted by Crippen LogP contribution is -2.26. The van der Waals surface area contributed by atoms with Gasteiger partial charge in [0.1, 0.15) is 5.75 Å². The Hall–Kier alpha value is -1.02. The van der Waals surface area contributed by atoms with Crippen LogP contribution < -0.4 is 10.1 Å². The van der Waals surface area contributed by atoms with Gasteiger partial charge in [0.25, 0.3) is 0 Å². The van der Waals surface area contributed by atoms with Crippen LogP contribution in [0.1, 0.15) is 46.2 Å². The van der Waals surface area contributed by atoms with Crippen molar-refractivity contribution in [2.45, 2.75) is 52.8 Å². The molecular formula is C14H23NO. The van der Waals surface area contributed by atoms with E-state index in [4.69, 9.17) is 4.74 Å². The highest BCUT2D eigenvalue weighted by Gasteiger charge is 2.07. The zero-order chi connectivity index (χ0) is 12.1. The summed E-state index contributed by atoms with van der Waals surface area (Å²) >= 11 is 0. The number of benzene rings is 1. The second-order valence-electron chi connectivity index (χ2n) is 4.78. The van der Waals surface area contributed by atoms with Crippen molar-refractivity contribution in [3.05, 3.63) is 29.8 Å². The van der Waals surface area contributed by atoms with Gasteiger partial charge in [-0.05, 0) is 38.5 Å². The van der Waals surface area contributed by atoms with Crippen molar-refractivity contribution in [3.8, 4) is 5.75 Å². The van der Waals surface area contributed by atoms with Crippen LogP contribution in [0.15, 0.2) is 24.3 Å². The molecule has 1 unspecified atom stereocenters. The Kier molecular flexibility index (Phi) is 4.81. The third kappa shape index (κ3) is 4.23. The minimum absolute atomic E-state index is 0.226. The minimum atomic E-state index is 0.226. The van der Waals surface area contributed by atoms with Crippen LogP contribution in [-0.2, 0) is 0 Å². The van der Waals surface area contributed by atoms with E-state index in [1.807, 2.05) is 26.0 Å². The molecule has 0 saturated carbocycles. The Labute approximate surface area is 99.0 Å². The Bertz CT molecular complexity index is 320. The zero-order valence-electron chi connectivity index (χ0n) is 10.9. The lowest BCUT2D eigenvalue weighted by molar-refractivity contribution is 0.242. The standard InChI is InChI=1S/C14H23NO/c1-10(2)15-12(5)13-7-6-8-14(9-13)16-11(3)4/h6-12,15H,1-5H3. The molecule has 0 aliphatic carbocycles. The van der Waals surface area contributed by atoms with E-state index < -0.39 is 0 Å². The fraction of sp³-hybridized carbons (Fsp3) is 0.571. The number of nitrogens with one attached hydrogen (secondary N) is 1. The molecule has 0 aliphatic rings. The molecule has 1 rings (SSSR count). The summed E-state index contributed by atoms with van der Waals surface area (Å²) in [7, 11) is 0. The predicted molar refractivity (Wildman–Crippen MR) is 68.9 cm³/mol. The van der Waals surface area contributed by atoms with Gasteiger partial charge < -0.3 is 10.1 Å². The Morgan fingerprint density at radius 1 is 1.06 bits per heavy atom. The van der Waals surface area contributed by atoms with Crippen molar-refractivity contribution in [1.82, 2.24) is 5.32 Å². The van der Waals surface area contributed by atoms with Crippen LogP contribution in [0.3, 0.4) is 0 Å². The molecule has 0 radical (unpaired) electrons. The van der Waals surface area contributed by atoms with E-state index in [0.29, 0.717) is 12.1 Å². The van der Waals surface area contributed by atoms with Crippen LogP contribution in [0.2, 0.25) is 0 Å². The number of rotatable bonds is 5. The van der Waals surface area contributed by atoms with E-state index in [1.54, 1.807) is 0 Å². The molecule has 0 amide bonds. The molecular weight excluding hydrogens is 198 g/mol. The SMILES string of the molecule is CC(C)NC(C)c1cccc(OC(C)C)c1. The summed E-state index contributed by atoms with van der Waals surface area (Å²) in [5.74, 6) is 0.949. The predicted octanol–water partition coefficient (Wildman–Crippen LogP) is 3.53. The fourth-order valence-electron chi connectivity index (χ4n) is 1.73. The van der Waals surface area contributed by atoms with E-state index in [-0.39, 0.29) is 6.10 Å². The van der Waals surface area contributed by atoms with Gasteiger partial charge in [0.2, 0.25) is 0 Å². The van der Waals surface area contributed by atoms with Gasteiger partial charge in [0.15, 0.2) is 0 Å². The van der Waals surface area contributed by atoms with E-state index in [1.165, 1.54) is 5.56 Å². The Morgan fingerprint density at radius 2 is 1.75 bits per heavy atom. The van der Waals surface area contributed by atoms with Crippen molar-refractivity contribution in [2.24, 2.45) is 0 Å². The third-order valence-corrected chi connectivity index (χ3v) is 2.31. The van der Waals surface area contributed by atoms with E-state index in [9.17, 15) is 0 Å². The topological polar surface area (TPSA) is 21.3 Å². The summed E-state index contributed by atoms with van der Waals surface area (Å²) in [6, 6.07) is 9.14. The molecule has 1 atom stereocenters. The second-order valence-corrected chi connectivity index (χ2v) is 4.78. The smallest absolute Gasteiger partial charge is 0.120 e. The molecule has 0 aromatic heterocycles. The number of ether oxygens (including phenoxy) is 1. The molecule has 16 heavy (non-hydrogen) atoms. The average Bonchev–Trinajstić information content (AvgIpc) is 2.16. The van der Waals surface area contributed by atoms with Crippen LogP contribution in [0, 0.1) is 0 Å². The Morgan fingerprint density at radius 3 is 2.31 bits per heavy atom. The highest BCUT2D eigenvalue weighted by Crippen LogP contribution is 2.20. The number of hydrogen-bond acceptors (Lipinski definition) is 2. The van der Waals surface area contributed by atoms with Gasteiger partial charge in [-0.2, -0.15) is 0 Å². The largest absolute Gasteiger partial charge is 0.491 e. The van der Waals surface area contributed by atoms with Crippen molar-refractivity contribution < 1.29 is 4.74 Å². The van der Waals surface area contributed by atoms with Gasteiger partial charge in [-0.1, -0.05) is 26.0 Å². The van der Waals surface area contributed by atoms with Crippen molar-refractivity contribution in [3.63, 3.8) is 0 Å². The maximum Gasteiger partial charge on any atom is 0.120 e. The fourth-order valence-corrected chi connectivity index (χ4v) is 1.73. The van der Waals surface area contributed by atoms with E-state index in [0.717, 1.165) is 5.75 Å². The molecule has 1 aromatic rings. The summed E-state index contributed by atoms with van der Waals surface area (Å²) in [4.78, 5) is 0. The van der Waals surface area contributed by atoms with Crippen LogP contribution >= 0.6 is 0 Å². The van der Waals surface area contributed by atoms with Gasteiger partial charge in [-0.25, -0.2) is 0 Å². The van der Waals surface area contributed by atoms with Crippen molar-refractivity contribution in [1.29, 1.82) is 0 Å². The Balaban J connectivity index is 2.73. The summed E-state index contributed by atoms with van der Waals surface area (Å²) in [6.45, 7) is 10.6. The molecule has 0 bridgehead atoms. The van der Waals surface area contributed by atoms with Crippen molar-refractivity contribution >= 4 is 0 Å². The van der Waals surface area contributed by atoms with Gasteiger partial charge in [-0.3, -0.25) is 0 Å². The molecule has 0 spiro atoms. The first kappa shape index (κ1) is 13.0. The molecule has 1 N–H and O–H groups in total. The van der Waals surface area contributed by atoms with Gasteiger partial charge in [0, 0.05) is 12.1 Å². The second kappa shape index (κ2) is 5.90. The summed E-state index contributed by atoms with van der Waals surface area (Å²) in [5.41, 5.74) is 1.27. The van der Waals surface area contributed by atoms with E-state index >= 15 is 0 Å². The number of hydrogen-bond donors (Lipinski definition) is 1. The maximum absolute atomic E-state index is 5.68. The molecule has 1 aromatic carbocycles.